The second-order valence-electron chi connectivity index (χ2n) is 1.27. The van der Waals surface area contributed by atoms with Gasteiger partial charge in [-0.3, -0.25) is 0 Å². The summed E-state index contributed by atoms with van der Waals surface area (Å²) in [4.78, 5) is 28.0. The average Bonchev–Trinajstić information content (AvgIpc) is 2.07. The van der Waals surface area contributed by atoms with E-state index in [1.54, 1.807) is 18.7 Å². The van der Waals surface area contributed by atoms with Crippen molar-refractivity contribution >= 4 is 7.82 Å². The Kier molecular flexibility index (Phi) is 8.83. The number of aromatic nitrogens is 2. The third-order valence-electron chi connectivity index (χ3n) is 0.406. The Morgan fingerprint density at radius 2 is 1.91 bits per heavy atom. The minimum atomic E-state index is -4.64. The van der Waals surface area contributed by atoms with E-state index in [9.17, 15) is 0 Å². The molecule has 0 aliphatic rings. The SMILES string of the molecule is O=P(O)(O)O.[H-].[Na+].c1c[nH]cn1. The van der Waals surface area contributed by atoms with E-state index in [1.165, 1.54) is 0 Å². The Balaban J connectivity index is -0.000000116. The van der Waals surface area contributed by atoms with Crippen LogP contribution in [0.2, 0.25) is 0 Å². The van der Waals surface area contributed by atoms with Crippen molar-refractivity contribution in [3.05, 3.63) is 18.7 Å². The predicted molar refractivity (Wildman–Crippen MR) is 34.0 cm³/mol. The Bertz CT molecular complexity index is 177. The van der Waals surface area contributed by atoms with Gasteiger partial charge in [-0.1, -0.05) is 0 Å². The fourth-order valence-electron chi connectivity index (χ4n) is 0.215. The van der Waals surface area contributed by atoms with E-state index in [0.29, 0.717) is 0 Å². The van der Waals surface area contributed by atoms with Crippen molar-refractivity contribution in [3.63, 3.8) is 0 Å². The molecule has 4 N–H and O–H groups in total. The van der Waals surface area contributed by atoms with E-state index in [0.717, 1.165) is 0 Å². The van der Waals surface area contributed by atoms with Gasteiger partial charge < -0.3 is 21.1 Å². The number of hydrogen-bond acceptors (Lipinski definition) is 2. The first kappa shape index (κ1) is 13.9. The van der Waals surface area contributed by atoms with Gasteiger partial charge in [0.25, 0.3) is 0 Å². The molecule has 0 aromatic carbocycles. The molecule has 1 heterocycles. The molecule has 0 saturated carbocycles. The van der Waals surface area contributed by atoms with Crippen molar-refractivity contribution < 1.29 is 50.2 Å². The number of nitrogens with zero attached hydrogens (tertiary/aromatic N) is 1. The molecule has 11 heavy (non-hydrogen) atoms. The van der Waals surface area contributed by atoms with E-state index >= 15 is 0 Å². The second-order valence-corrected chi connectivity index (χ2v) is 2.30. The van der Waals surface area contributed by atoms with Gasteiger partial charge in [0.05, 0.1) is 6.33 Å². The van der Waals surface area contributed by atoms with Crippen LogP contribution in [0.5, 0.6) is 0 Å². The molecule has 0 unspecified atom stereocenters. The first-order chi connectivity index (χ1) is 4.50. The third kappa shape index (κ3) is 25.2. The molecule has 0 aliphatic carbocycles. The number of hydrogen-bond donors (Lipinski definition) is 4. The number of aromatic amines is 1. The van der Waals surface area contributed by atoms with E-state index in [2.05, 4.69) is 9.97 Å². The van der Waals surface area contributed by atoms with Crippen LogP contribution in [0.15, 0.2) is 18.7 Å². The van der Waals surface area contributed by atoms with Gasteiger partial charge in [0.15, 0.2) is 0 Å². The molecule has 1 aromatic rings. The molecule has 0 amide bonds. The maximum Gasteiger partial charge on any atom is 1.00 e. The van der Waals surface area contributed by atoms with Gasteiger partial charge >= 0.3 is 37.4 Å². The van der Waals surface area contributed by atoms with Crippen LogP contribution >= 0.6 is 7.82 Å². The van der Waals surface area contributed by atoms with Crippen LogP contribution in [0, 0.1) is 0 Å². The summed E-state index contributed by atoms with van der Waals surface area (Å²) in [6, 6.07) is 0. The van der Waals surface area contributed by atoms with Gasteiger partial charge in [-0.2, -0.15) is 0 Å². The van der Waals surface area contributed by atoms with Crippen molar-refractivity contribution in [3.8, 4) is 0 Å². The van der Waals surface area contributed by atoms with Crippen LogP contribution in [0.4, 0.5) is 0 Å². The average molecular weight is 190 g/mol. The molecule has 0 fully saturated rings. The first-order valence-electron chi connectivity index (χ1n) is 2.21. The van der Waals surface area contributed by atoms with E-state index in [-0.39, 0.29) is 31.0 Å². The van der Waals surface area contributed by atoms with Crippen LogP contribution in [-0.2, 0) is 4.57 Å². The maximum atomic E-state index is 8.88. The third-order valence-corrected chi connectivity index (χ3v) is 0.406. The summed E-state index contributed by atoms with van der Waals surface area (Å²) in [5.41, 5.74) is 0. The summed E-state index contributed by atoms with van der Waals surface area (Å²) in [6.07, 6.45) is 5.08. The van der Waals surface area contributed by atoms with Crippen LogP contribution in [0.1, 0.15) is 1.43 Å². The molecule has 0 saturated heterocycles. The summed E-state index contributed by atoms with van der Waals surface area (Å²) < 4.78 is 8.88. The van der Waals surface area contributed by atoms with Gasteiger partial charge in [0.2, 0.25) is 0 Å². The van der Waals surface area contributed by atoms with E-state index in [1.807, 2.05) is 0 Å². The number of nitrogens with one attached hydrogen (secondary N) is 1. The van der Waals surface area contributed by atoms with Crippen molar-refractivity contribution in [1.29, 1.82) is 0 Å². The largest absolute Gasteiger partial charge is 1.00 e. The van der Waals surface area contributed by atoms with Gasteiger partial charge in [0.1, 0.15) is 0 Å². The summed E-state index contributed by atoms with van der Waals surface area (Å²) in [5, 5.41) is 0. The van der Waals surface area contributed by atoms with Crippen molar-refractivity contribution in [2.45, 2.75) is 0 Å². The molecule has 6 nitrogen and oxygen atoms in total. The zero-order valence-corrected chi connectivity index (χ0v) is 8.77. The molecular formula is C3H8N2NaO4P. The molecule has 1 rings (SSSR count). The fourth-order valence-corrected chi connectivity index (χ4v) is 0.215. The number of imidazole rings is 1. The molecule has 60 valence electrons. The van der Waals surface area contributed by atoms with Crippen molar-refractivity contribution in [1.82, 2.24) is 9.97 Å². The van der Waals surface area contributed by atoms with Crippen molar-refractivity contribution in [2.75, 3.05) is 0 Å². The Morgan fingerprint density at radius 3 is 2.00 bits per heavy atom. The molecule has 0 aliphatic heterocycles. The second kappa shape index (κ2) is 7.00. The Labute approximate surface area is 86.7 Å². The minimum absolute atomic E-state index is 0. The summed E-state index contributed by atoms with van der Waals surface area (Å²) >= 11 is 0. The topological polar surface area (TPSA) is 106 Å². The molecule has 0 spiro atoms. The molecule has 8 heteroatoms. The molecule has 1 aromatic heterocycles. The van der Waals surface area contributed by atoms with Gasteiger partial charge in [-0.25, -0.2) is 9.55 Å². The van der Waals surface area contributed by atoms with Crippen LogP contribution in [0.3, 0.4) is 0 Å². The van der Waals surface area contributed by atoms with Gasteiger partial charge in [0, 0.05) is 12.4 Å². The summed E-state index contributed by atoms with van der Waals surface area (Å²) in [6.45, 7) is 0. The number of H-pyrrole nitrogens is 1. The van der Waals surface area contributed by atoms with Crippen LogP contribution in [-0.4, -0.2) is 24.6 Å². The minimum Gasteiger partial charge on any atom is -1.00 e. The van der Waals surface area contributed by atoms with Crippen molar-refractivity contribution in [2.24, 2.45) is 0 Å². The van der Waals surface area contributed by atoms with E-state index in [4.69, 9.17) is 19.2 Å². The maximum absolute atomic E-state index is 8.88. The van der Waals surface area contributed by atoms with Crippen LogP contribution < -0.4 is 29.6 Å². The quantitative estimate of drug-likeness (QED) is 0.252. The number of rotatable bonds is 0. The predicted octanol–water partition coefficient (Wildman–Crippen LogP) is -3.40. The first-order valence-corrected chi connectivity index (χ1v) is 3.77. The monoisotopic (exact) mass is 190 g/mol. The Morgan fingerprint density at radius 1 is 1.45 bits per heavy atom. The zero-order valence-electron chi connectivity index (χ0n) is 6.88. The number of phosphoric acid groups is 1. The zero-order chi connectivity index (χ0) is 8.04. The summed E-state index contributed by atoms with van der Waals surface area (Å²) in [5.74, 6) is 0. The molecular weight excluding hydrogens is 182 g/mol. The van der Waals surface area contributed by atoms with Gasteiger partial charge in [-0.05, 0) is 0 Å². The van der Waals surface area contributed by atoms with Gasteiger partial charge in [-0.15, -0.1) is 0 Å². The smallest absolute Gasteiger partial charge is 1.00 e. The fraction of sp³-hybridized carbons (Fsp3) is 0. The molecule has 0 radical (unpaired) electrons. The Hall–Kier alpha value is 0.320. The molecule has 0 atom stereocenters. The normalized spacial score (nSPS) is 9.00. The standard InChI is InChI=1S/C3H4N2.Na.H3O4P.H/c1-2-5-3-4-1;;1-5(2,3)4;/h1-3H,(H,4,5);;(H3,1,2,3,4);/q;+1;;-1. The van der Waals surface area contributed by atoms with E-state index < -0.39 is 7.82 Å². The molecule has 0 bridgehead atoms. The van der Waals surface area contributed by atoms with Crippen LogP contribution in [0.25, 0.3) is 0 Å². The summed E-state index contributed by atoms with van der Waals surface area (Å²) in [7, 11) is -4.64.